The van der Waals surface area contributed by atoms with Crippen molar-refractivity contribution in [3.63, 3.8) is 0 Å². The van der Waals surface area contributed by atoms with Crippen LogP contribution in [0.25, 0.3) is 0 Å². The first-order valence-electron chi connectivity index (χ1n) is 7.52. The fourth-order valence-corrected chi connectivity index (χ4v) is 3.00. The highest BCUT2D eigenvalue weighted by molar-refractivity contribution is 5.47. The molecule has 1 aromatic heterocycles. The van der Waals surface area contributed by atoms with Crippen molar-refractivity contribution >= 4 is 5.82 Å². The van der Waals surface area contributed by atoms with Gasteiger partial charge in [0.1, 0.15) is 5.82 Å². The largest absolute Gasteiger partial charge is 0.356 e. The van der Waals surface area contributed by atoms with Gasteiger partial charge in [-0.1, -0.05) is 19.9 Å². The second-order valence-electron chi connectivity index (χ2n) is 6.24. The average molecular weight is 261 g/mol. The highest BCUT2D eigenvalue weighted by Crippen LogP contribution is 2.28. The summed E-state index contributed by atoms with van der Waals surface area (Å²) >= 11 is 0. The van der Waals surface area contributed by atoms with Crippen LogP contribution in [0.2, 0.25) is 0 Å². The van der Waals surface area contributed by atoms with E-state index < -0.39 is 0 Å². The Hall–Kier alpha value is -1.09. The van der Waals surface area contributed by atoms with Gasteiger partial charge in [-0.25, -0.2) is 4.98 Å². The van der Waals surface area contributed by atoms with Crippen molar-refractivity contribution in [1.29, 1.82) is 0 Å². The minimum atomic E-state index is 0.191. The molecule has 106 valence electrons. The first kappa shape index (κ1) is 14.3. The number of aromatic nitrogens is 1. The van der Waals surface area contributed by atoms with E-state index >= 15 is 0 Å². The molecule has 0 saturated carbocycles. The van der Waals surface area contributed by atoms with Crippen LogP contribution in [-0.2, 0) is 6.42 Å². The van der Waals surface area contributed by atoms with E-state index in [-0.39, 0.29) is 6.04 Å². The second-order valence-corrected chi connectivity index (χ2v) is 6.24. The molecular formula is C16H27N3. The Bertz CT molecular complexity index is 393. The highest BCUT2D eigenvalue weighted by atomic mass is 15.2. The monoisotopic (exact) mass is 261 g/mol. The van der Waals surface area contributed by atoms with Gasteiger partial charge < -0.3 is 10.6 Å². The predicted molar refractivity (Wildman–Crippen MR) is 81.4 cm³/mol. The number of rotatable bonds is 4. The van der Waals surface area contributed by atoms with Gasteiger partial charge in [-0.3, -0.25) is 0 Å². The summed E-state index contributed by atoms with van der Waals surface area (Å²) in [4.78, 5) is 7.04. The molecule has 1 aliphatic heterocycles. The molecule has 2 rings (SSSR count). The Morgan fingerprint density at radius 1 is 1.32 bits per heavy atom. The Morgan fingerprint density at radius 3 is 2.58 bits per heavy atom. The van der Waals surface area contributed by atoms with E-state index in [0.29, 0.717) is 0 Å². The molecule has 0 spiro atoms. The Kier molecular flexibility index (Phi) is 4.81. The maximum Gasteiger partial charge on any atom is 0.131 e. The fraction of sp³-hybridized carbons (Fsp3) is 0.688. The third-order valence-electron chi connectivity index (χ3n) is 4.19. The summed E-state index contributed by atoms with van der Waals surface area (Å²) in [6.45, 7) is 8.99. The number of hydrogen-bond donors (Lipinski definition) is 1. The molecule has 1 atom stereocenters. The van der Waals surface area contributed by atoms with Crippen LogP contribution in [0, 0.1) is 11.8 Å². The molecule has 3 heteroatoms. The summed E-state index contributed by atoms with van der Waals surface area (Å²) in [6.07, 6.45) is 5.37. The smallest absolute Gasteiger partial charge is 0.131 e. The zero-order valence-corrected chi connectivity index (χ0v) is 12.5. The predicted octanol–water partition coefficient (Wildman–Crippen LogP) is 2.84. The maximum absolute atomic E-state index is 5.94. The van der Waals surface area contributed by atoms with Crippen molar-refractivity contribution in [3.8, 4) is 0 Å². The van der Waals surface area contributed by atoms with Crippen LogP contribution in [0.15, 0.2) is 18.3 Å². The molecule has 0 radical (unpaired) electrons. The van der Waals surface area contributed by atoms with Crippen LogP contribution in [0.3, 0.4) is 0 Å². The summed E-state index contributed by atoms with van der Waals surface area (Å²) in [5.41, 5.74) is 7.23. The normalized spacial score (nSPS) is 18.9. The molecule has 0 aliphatic carbocycles. The van der Waals surface area contributed by atoms with Gasteiger partial charge in [0.05, 0.1) is 0 Å². The number of nitrogens with zero attached hydrogens (tertiary/aromatic N) is 2. The lowest BCUT2D eigenvalue weighted by atomic mass is 9.86. The van der Waals surface area contributed by atoms with Crippen molar-refractivity contribution in [2.24, 2.45) is 17.6 Å². The molecule has 1 aliphatic rings. The van der Waals surface area contributed by atoms with Crippen molar-refractivity contribution < 1.29 is 0 Å². The van der Waals surface area contributed by atoms with Gasteiger partial charge in [-0.05, 0) is 49.7 Å². The van der Waals surface area contributed by atoms with Crippen LogP contribution in [0.1, 0.15) is 39.2 Å². The van der Waals surface area contributed by atoms with Crippen LogP contribution in [0.5, 0.6) is 0 Å². The summed E-state index contributed by atoms with van der Waals surface area (Å²) in [5, 5.41) is 0. The van der Waals surface area contributed by atoms with Gasteiger partial charge in [0.2, 0.25) is 0 Å². The quantitative estimate of drug-likeness (QED) is 0.906. The molecule has 1 unspecified atom stereocenters. The van der Waals surface area contributed by atoms with Crippen LogP contribution >= 0.6 is 0 Å². The zero-order chi connectivity index (χ0) is 13.8. The van der Waals surface area contributed by atoms with Crippen molar-refractivity contribution in [1.82, 2.24) is 4.98 Å². The summed E-state index contributed by atoms with van der Waals surface area (Å²) < 4.78 is 0. The minimum Gasteiger partial charge on any atom is -0.356 e. The molecular weight excluding hydrogens is 234 g/mol. The number of nitrogens with two attached hydrogens (primary N) is 1. The van der Waals surface area contributed by atoms with E-state index in [0.717, 1.165) is 37.2 Å². The van der Waals surface area contributed by atoms with Gasteiger partial charge in [0.25, 0.3) is 0 Å². The average Bonchev–Trinajstić information content (AvgIpc) is 2.39. The molecule has 1 saturated heterocycles. The molecule has 2 N–H and O–H groups in total. The standard InChI is InChI=1S/C16H27N3/c1-12(2)14-6-9-19(10-7-14)16-15(11-13(3)17)5-4-8-18-16/h4-5,8,12-14H,6-7,9-11,17H2,1-3H3. The molecule has 1 fully saturated rings. The van der Waals surface area contributed by atoms with E-state index in [1.807, 2.05) is 12.3 Å². The van der Waals surface area contributed by atoms with Crippen molar-refractivity contribution in [3.05, 3.63) is 23.9 Å². The maximum atomic E-state index is 5.94. The van der Waals surface area contributed by atoms with Crippen molar-refractivity contribution in [2.45, 2.75) is 46.1 Å². The van der Waals surface area contributed by atoms with E-state index in [1.165, 1.54) is 18.4 Å². The lowest BCUT2D eigenvalue weighted by Gasteiger charge is -2.35. The number of hydrogen-bond acceptors (Lipinski definition) is 3. The first-order chi connectivity index (χ1) is 9.08. The van der Waals surface area contributed by atoms with E-state index in [2.05, 4.69) is 36.7 Å². The third-order valence-corrected chi connectivity index (χ3v) is 4.19. The molecule has 0 bridgehead atoms. The Balaban J connectivity index is 2.06. The summed E-state index contributed by atoms with van der Waals surface area (Å²) in [7, 11) is 0. The molecule has 1 aromatic rings. The van der Waals surface area contributed by atoms with Crippen LogP contribution in [0.4, 0.5) is 5.82 Å². The summed E-state index contributed by atoms with van der Waals surface area (Å²) in [5.74, 6) is 2.83. The molecule has 19 heavy (non-hydrogen) atoms. The van der Waals surface area contributed by atoms with E-state index in [1.54, 1.807) is 0 Å². The van der Waals surface area contributed by atoms with Gasteiger partial charge in [0.15, 0.2) is 0 Å². The number of pyridine rings is 1. The van der Waals surface area contributed by atoms with Crippen LogP contribution < -0.4 is 10.6 Å². The van der Waals surface area contributed by atoms with E-state index in [9.17, 15) is 0 Å². The Morgan fingerprint density at radius 2 is 2.00 bits per heavy atom. The number of anilines is 1. The number of piperidine rings is 1. The second kappa shape index (κ2) is 6.38. The van der Waals surface area contributed by atoms with Crippen molar-refractivity contribution in [2.75, 3.05) is 18.0 Å². The molecule has 0 aromatic carbocycles. The van der Waals surface area contributed by atoms with Gasteiger partial charge in [-0.15, -0.1) is 0 Å². The molecule has 3 nitrogen and oxygen atoms in total. The summed E-state index contributed by atoms with van der Waals surface area (Å²) in [6, 6.07) is 4.37. The van der Waals surface area contributed by atoms with Gasteiger partial charge >= 0.3 is 0 Å². The first-order valence-corrected chi connectivity index (χ1v) is 7.52. The molecule has 2 heterocycles. The van der Waals surface area contributed by atoms with Gasteiger partial charge in [0, 0.05) is 25.3 Å². The topological polar surface area (TPSA) is 42.1 Å². The SMILES string of the molecule is CC(N)Cc1cccnc1N1CCC(C(C)C)CC1. The Labute approximate surface area is 117 Å². The third kappa shape index (κ3) is 3.69. The lowest BCUT2D eigenvalue weighted by Crippen LogP contribution is -2.36. The lowest BCUT2D eigenvalue weighted by molar-refractivity contribution is 0.310. The van der Waals surface area contributed by atoms with Crippen LogP contribution in [-0.4, -0.2) is 24.1 Å². The zero-order valence-electron chi connectivity index (χ0n) is 12.5. The fourth-order valence-electron chi connectivity index (χ4n) is 3.00. The van der Waals surface area contributed by atoms with E-state index in [4.69, 9.17) is 5.73 Å². The molecule has 0 amide bonds. The minimum absolute atomic E-state index is 0.191. The van der Waals surface area contributed by atoms with Gasteiger partial charge in [-0.2, -0.15) is 0 Å². The highest BCUT2D eigenvalue weighted by Gasteiger charge is 2.23.